The van der Waals surface area contributed by atoms with Gasteiger partial charge < -0.3 is 5.73 Å². The highest BCUT2D eigenvalue weighted by molar-refractivity contribution is 5.74. The molecule has 0 saturated carbocycles. The topological polar surface area (TPSA) is 69.6 Å². The first-order valence-electron chi connectivity index (χ1n) is 6.48. The summed E-state index contributed by atoms with van der Waals surface area (Å²) in [6, 6.07) is 10.5. The number of nitrogens with two attached hydrogens (primary N) is 1. The molecule has 0 atom stereocenters. The number of aryl methyl sites for hydroxylation is 2. The first kappa shape index (κ1) is 13.2. The van der Waals surface area contributed by atoms with Crippen molar-refractivity contribution in [3.63, 3.8) is 0 Å². The number of hydrogen-bond acceptors (Lipinski definition) is 4. The minimum absolute atomic E-state index is 0.300. The quantitative estimate of drug-likeness (QED) is 0.734. The Balaban J connectivity index is 2.17. The predicted molar refractivity (Wildman–Crippen MR) is 78.4 cm³/mol. The molecule has 2 aromatic carbocycles. The highest BCUT2D eigenvalue weighted by atomic mass is 19.1. The number of para-hydroxylation sites is 1. The molecular weight excluding hydrogens is 269 g/mol. The van der Waals surface area contributed by atoms with Crippen LogP contribution < -0.4 is 5.73 Å². The molecule has 2 N–H and O–H groups in total. The van der Waals surface area contributed by atoms with Gasteiger partial charge in [0.15, 0.2) is 5.82 Å². The lowest BCUT2D eigenvalue weighted by Crippen LogP contribution is -2.03. The van der Waals surface area contributed by atoms with Gasteiger partial charge in [-0.2, -0.15) is 4.68 Å². The van der Waals surface area contributed by atoms with Crippen molar-refractivity contribution in [3.8, 4) is 17.1 Å². The summed E-state index contributed by atoms with van der Waals surface area (Å²) >= 11 is 0. The Morgan fingerprint density at radius 2 is 1.90 bits per heavy atom. The Morgan fingerprint density at radius 3 is 2.67 bits per heavy atom. The molecule has 0 aliphatic heterocycles. The van der Waals surface area contributed by atoms with Crippen LogP contribution in [0.5, 0.6) is 0 Å². The number of aromatic nitrogens is 4. The monoisotopic (exact) mass is 283 g/mol. The molecule has 21 heavy (non-hydrogen) atoms. The highest BCUT2D eigenvalue weighted by Crippen LogP contribution is 2.27. The van der Waals surface area contributed by atoms with Gasteiger partial charge in [0.25, 0.3) is 0 Å². The van der Waals surface area contributed by atoms with Gasteiger partial charge in [0.1, 0.15) is 5.82 Å². The molecule has 0 aliphatic rings. The molecule has 0 amide bonds. The van der Waals surface area contributed by atoms with E-state index in [0.29, 0.717) is 22.8 Å². The molecule has 1 heterocycles. The van der Waals surface area contributed by atoms with Crippen LogP contribution in [0, 0.1) is 19.7 Å². The third-order valence-electron chi connectivity index (χ3n) is 3.43. The summed E-state index contributed by atoms with van der Waals surface area (Å²) in [7, 11) is 0. The van der Waals surface area contributed by atoms with Crippen molar-refractivity contribution >= 4 is 5.69 Å². The number of tetrazole rings is 1. The van der Waals surface area contributed by atoms with E-state index in [0.717, 1.165) is 11.1 Å². The maximum atomic E-state index is 13.7. The first-order chi connectivity index (χ1) is 10.1. The molecule has 0 saturated heterocycles. The average molecular weight is 283 g/mol. The summed E-state index contributed by atoms with van der Waals surface area (Å²) in [4.78, 5) is 0. The summed E-state index contributed by atoms with van der Waals surface area (Å²) in [6.07, 6.45) is 0. The van der Waals surface area contributed by atoms with Crippen molar-refractivity contribution in [1.29, 1.82) is 0 Å². The van der Waals surface area contributed by atoms with Crippen LogP contribution in [-0.2, 0) is 0 Å². The van der Waals surface area contributed by atoms with Gasteiger partial charge in [-0.05, 0) is 53.6 Å². The maximum Gasteiger partial charge on any atom is 0.189 e. The van der Waals surface area contributed by atoms with E-state index in [1.54, 1.807) is 19.1 Å². The van der Waals surface area contributed by atoms with Crippen LogP contribution in [0.3, 0.4) is 0 Å². The van der Waals surface area contributed by atoms with E-state index in [4.69, 9.17) is 5.73 Å². The molecule has 0 unspecified atom stereocenters. The molecule has 0 fully saturated rings. The zero-order chi connectivity index (χ0) is 15.0. The molecule has 106 valence electrons. The van der Waals surface area contributed by atoms with Gasteiger partial charge in [-0.15, -0.1) is 5.10 Å². The fourth-order valence-corrected chi connectivity index (χ4v) is 2.12. The molecule has 5 nitrogen and oxygen atoms in total. The number of halogens is 1. The van der Waals surface area contributed by atoms with Gasteiger partial charge in [-0.25, -0.2) is 4.39 Å². The Labute approximate surface area is 121 Å². The fourth-order valence-electron chi connectivity index (χ4n) is 2.12. The number of hydrogen-bond donors (Lipinski definition) is 1. The smallest absolute Gasteiger partial charge is 0.189 e. The molecular formula is C15H14FN5. The predicted octanol–water partition coefficient (Wildman–Crippen LogP) is 2.67. The number of anilines is 1. The standard InChI is InChI=1S/C15H14FN5/c1-9-6-7-11(8-13(9)16)21-15(18-19-20-21)12-5-3-4-10(2)14(12)17/h3-8H,17H2,1-2H3. The van der Waals surface area contributed by atoms with Crippen molar-refractivity contribution in [2.75, 3.05) is 5.73 Å². The van der Waals surface area contributed by atoms with E-state index >= 15 is 0 Å². The lowest BCUT2D eigenvalue weighted by molar-refractivity contribution is 0.615. The van der Waals surface area contributed by atoms with Crippen LogP contribution >= 0.6 is 0 Å². The molecule has 6 heteroatoms. The van der Waals surface area contributed by atoms with Crippen LogP contribution in [0.1, 0.15) is 11.1 Å². The first-order valence-corrected chi connectivity index (χ1v) is 6.48. The van der Waals surface area contributed by atoms with E-state index in [-0.39, 0.29) is 5.82 Å². The second kappa shape index (κ2) is 4.97. The summed E-state index contributed by atoms with van der Waals surface area (Å²) in [6.45, 7) is 3.62. The van der Waals surface area contributed by atoms with E-state index < -0.39 is 0 Å². The summed E-state index contributed by atoms with van der Waals surface area (Å²) in [5, 5.41) is 11.6. The van der Waals surface area contributed by atoms with Crippen molar-refractivity contribution < 1.29 is 4.39 Å². The normalized spacial score (nSPS) is 10.8. The second-order valence-corrected chi connectivity index (χ2v) is 4.88. The highest BCUT2D eigenvalue weighted by Gasteiger charge is 2.15. The molecule has 0 bridgehead atoms. The van der Waals surface area contributed by atoms with Crippen LogP contribution in [0.4, 0.5) is 10.1 Å². The van der Waals surface area contributed by atoms with Crippen molar-refractivity contribution in [1.82, 2.24) is 20.2 Å². The van der Waals surface area contributed by atoms with Crippen LogP contribution in [0.25, 0.3) is 17.1 Å². The largest absolute Gasteiger partial charge is 0.398 e. The van der Waals surface area contributed by atoms with Gasteiger partial charge in [0.05, 0.1) is 5.69 Å². The van der Waals surface area contributed by atoms with E-state index in [9.17, 15) is 4.39 Å². The lowest BCUT2D eigenvalue weighted by atomic mass is 10.1. The number of nitrogen functional groups attached to an aromatic ring is 1. The van der Waals surface area contributed by atoms with Gasteiger partial charge in [-0.3, -0.25) is 0 Å². The summed E-state index contributed by atoms with van der Waals surface area (Å²) in [5.41, 5.74) is 9.50. The van der Waals surface area contributed by atoms with Gasteiger partial charge >= 0.3 is 0 Å². The zero-order valence-electron chi connectivity index (χ0n) is 11.7. The summed E-state index contributed by atoms with van der Waals surface area (Å²) < 4.78 is 15.2. The number of rotatable bonds is 2. The van der Waals surface area contributed by atoms with E-state index in [1.165, 1.54) is 10.7 Å². The van der Waals surface area contributed by atoms with Crippen molar-refractivity contribution in [2.24, 2.45) is 0 Å². The number of nitrogens with zero attached hydrogens (tertiary/aromatic N) is 4. The molecule has 0 aliphatic carbocycles. The van der Waals surface area contributed by atoms with E-state index in [1.807, 2.05) is 25.1 Å². The SMILES string of the molecule is Cc1ccc(-n2nnnc2-c2cccc(C)c2N)cc1F. The molecule has 0 radical (unpaired) electrons. The van der Waals surface area contributed by atoms with Crippen LogP contribution in [-0.4, -0.2) is 20.2 Å². The van der Waals surface area contributed by atoms with Gasteiger partial charge in [0, 0.05) is 11.3 Å². The molecule has 3 rings (SSSR count). The molecule has 1 aromatic heterocycles. The third-order valence-corrected chi connectivity index (χ3v) is 3.43. The van der Waals surface area contributed by atoms with Crippen molar-refractivity contribution in [2.45, 2.75) is 13.8 Å². The number of benzene rings is 2. The van der Waals surface area contributed by atoms with E-state index in [2.05, 4.69) is 15.5 Å². The molecule has 3 aromatic rings. The van der Waals surface area contributed by atoms with Crippen LogP contribution in [0.15, 0.2) is 36.4 Å². The minimum atomic E-state index is -0.300. The Kier molecular flexibility index (Phi) is 3.13. The Hall–Kier alpha value is -2.76. The fraction of sp³-hybridized carbons (Fsp3) is 0.133. The summed E-state index contributed by atoms with van der Waals surface area (Å²) in [5.74, 6) is 0.186. The zero-order valence-corrected chi connectivity index (χ0v) is 11.7. The maximum absolute atomic E-state index is 13.7. The average Bonchev–Trinajstić information content (AvgIpc) is 2.94. The van der Waals surface area contributed by atoms with Crippen molar-refractivity contribution in [3.05, 3.63) is 53.3 Å². The molecule has 0 spiro atoms. The second-order valence-electron chi connectivity index (χ2n) is 4.88. The lowest BCUT2D eigenvalue weighted by Gasteiger charge is -2.09. The third kappa shape index (κ3) is 2.24. The Morgan fingerprint density at radius 1 is 1.10 bits per heavy atom. The van der Waals surface area contributed by atoms with Gasteiger partial charge in [0.2, 0.25) is 0 Å². The minimum Gasteiger partial charge on any atom is -0.398 e. The Bertz CT molecular complexity index is 810. The van der Waals surface area contributed by atoms with Gasteiger partial charge in [-0.1, -0.05) is 18.2 Å². The van der Waals surface area contributed by atoms with Crippen LogP contribution in [0.2, 0.25) is 0 Å².